The van der Waals surface area contributed by atoms with Crippen LogP contribution in [0.2, 0.25) is 5.02 Å². The molecule has 5 rings (SSSR count). The fourth-order valence-corrected chi connectivity index (χ4v) is 7.48. The van der Waals surface area contributed by atoms with Crippen LogP contribution in [-0.2, 0) is 23.7 Å². The molecule has 1 aliphatic heterocycles. The van der Waals surface area contributed by atoms with E-state index in [0.29, 0.717) is 35.0 Å². The average molecular weight is 646 g/mol. The first-order valence-electron chi connectivity index (χ1n) is 13.4. The lowest BCUT2D eigenvalue weighted by Gasteiger charge is -2.32. The molecule has 1 aromatic carbocycles. The first-order chi connectivity index (χ1) is 19.8. The zero-order valence-electron chi connectivity index (χ0n) is 22.6. The monoisotopic (exact) mass is 645 g/mol. The molecule has 0 spiro atoms. The Bertz CT molecular complexity index is 1560. The van der Waals surface area contributed by atoms with Crippen LogP contribution >= 0.6 is 19.4 Å². The number of benzene rings is 1. The van der Waals surface area contributed by atoms with Gasteiger partial charge in [0.25, 0.3) is 0 Å². The molecule has 2 atom stereocenters. The van der Waals surface area contributed by atoms with Crippen LogP contribution in [-0.4, -0.2) is 71.7 Å². The Morgan fingerprint density at radius 1 is 1.21 bits per heavy atom. The molecule has 2 aromatic rings. The van der Waals surface area contributed by atoms with Crippen molar-refractivity contribution in [2.45, 2.75) is 54.3 Å². The molecule has 1 aromatic heterocycles. The Kier molecular flexibility index (Phi) is 8.84. The van der Waals surface area contributed by atoms with Crippen LogP contribution in [0.5, 0.6) is 0 Å². The third kappa shape index (κ3) is 6.72. The van der Waals surface area contributed by atoms with Crippen molar-refractivity contribution in [1.29, 1.82) is 0 Å². The Labute approximate surface area is 247 Å². The van der Waals surface area contributed by atoms with Gasteiger partial charge in [0.05, 0.1) is 40.8 Å². The highest BCUT2D eigenvalue weighted by Gasteiger charge is 2.43. The van der Waals surface area contributed by atoms with E-state index in [0.717, 1.165) is 16.0 Å². The molecular formula is C27H31ClF2N3O7PS. The number of hydrogen-bond acceptors (Lipinski definition) is 8. The molecule has 3 N–H and O–H groups in total. The van der Waals surface area contributed by atoms with E-state index in [9.17, 15) is 21.8 Å². The van der Waals surface area contributed by atoms with Gasteiger partial charge in [0, 0.05) is 30.8 Å². The average Bonchev–Trinajstić information content (AvgIpc) is 3.73. The molecule has 0 radical (unpaired) electrons. The van der Waals surface area contributed by atoms with Crippen molar-refractivity contribution in [2.75, 3.05) is 31.6 Å². The van der Waals surface area contributed by atoms with Gasteiger partial charge in [-0.2, -0.15) is 8.78 Å². The summed E-state index contributed by atoms with van der Waals surface area (Å²) in [5.74, 6) is 0.594. The number of halogens is 3. The molecule has 1 fully saturated rings. The summed E-state index contributed by atoms with van der Waals surface area (Å²) in [7, 11) is -8.18. The number of anilines is 1. The molecule has 42 heavy (non-hydrogen) atoms. The van der Waals surface area contributed by atoms with Gasteiger partial charge in [0.1, 0.15) is 11.6 Å². The Balaban J connectivity index is 1.36. The lowest BCUT2D eigenvalue weighted by atomic mass is 9.80. The maximum Gasteiger partial charge on any atom is 0.469 e. The van der Waals surface area contributed by atoms with Gasteiger partial charge >= 0.3 is 13.9 Å². The number of phosphoric acid groups is 1. The van der Waals surface area contributed by atoms with Crippen LogP contribution in [0.25, 0.3) is 5.57 Å². The lowest BCUT2D eigenvalue weighted by Crippen LogP contribution is -2.44. The molecule has 3 aliphatic rings. The SMILES string of the molecule is CCN(CCOP(=O)(O)O)C(F)(F)CCOC1=CC=C(c2cccc(S(=O)(=O)C3CC3)c2)C2c3cc(Cl)cnc3NC12. The number of allylic oxidation sites excluding steroid dienone is 2. The zero-order valence-corrected chi connectivity index (χ0v) is 25.1. The summed E-state index contributed by atoms with van der Waals surface area (Å²) < 4.78 is 76.8. The molecule has 15 heteroatoms. The van der Waals surface area contributed by atoms with Gasteiger partial charge in [-0.05, 0) is 48.3 Å². The fraction of sp³-hybridized carbons (Fsp3) is 0.444. The number of alkyl halides is 2. The van der Waals surface area contributed by atoms with Crippen LogP contribution in [0, 0.1) is 0 Å². The minimum Gasteiger partial charge on any atom is -0.495 e. The van der Waals surface area contributed by atoms with Crippen molar-refractivity contribution >= 4 is 40.7 Å². The second-order valence-electron chi connectivity index (χ2n) is 10.3. The van der Waals surface area contributed by atoms with E-state index < -0.39 is 42.8 Å². The summed E-state index contributed by atoms with van der Waals surface area (Å²) in [6, 6.07) is 4.76. The third-order valence-electron chi connectivity index (χ3n) is 7.51. The van der Waals surface area contributed by atoms with Crippen molar-refractivity contribution in [2.24, 2.45) is 0 Å². The fourth-order valence-electron chi connectivity index (χ4n) is 5.29. The molecule has 1 saturated carbocycles. The van der Waals surface area contributed by atoms with Crippen LogP contribution < -0.4 is 5.32 Å². The summed E-state index contributed by atoms with van der Waals surface area (Å²) in [5.41, 5.74) is 2.29. The molecule has 228 valence electrons. The van der Waals surface area contributed by atoms with Crippen molar-refractivity contribution in [3.63, 3.8) is 0 Å². The van der Waals surface area contributed by atoms with Gasteiger partial charge in [-0.25, -0.2) is 22.9 Å². The number of pyridine rings is 1. The lowest BCUT2D eigenvalue weighted by molar-refractivity contribution is -0.159. The number of rotatable bonds is 13. The van der Waals surface area contributed by atoms with Crippen LogP contribution in [0.15, 0.2) is 59.3 Å². The molecule has 2 unspecified atom stereocenters. The number of nitrogens with zero attached hydrogens (tertiary/aromatic N) is 2. The van der Waals surface area contributed by atoms with Gasteiger partial charge in [-0.15, -0.1) is 0 Å². The maximum atomic E-state index is 14.9. The second kappa shape index (κ2) is 12.0. The first-order valence-corrected chi connectivity index (χ1v) is 16.9. The minimum absolute atomic E-state index is 0.0736. The van der Waals surface area contributed by atoms with Crippen LogP contribution in [0.3, 0.4) is 0 Å². The molecule has 2 heterocycles. The quantitative estimate of drug-likeness (QED) is 0.202. The van der Waals surface area contributed by atoms with Gasteiger partial charge in [0.15, 0.2) is 9.84 Å². The van der Waals surface area contributed by atoms with E-state index in [4.69, 9.17) is 26.1 Å². The highest BCUT2D eigenvalue weighted by atomic mass is 35.5. The third-order valence-corrected chi connectivity index (χ3v) is 10.5. The summed E-state index contributed by atoms with van der Waals surface area (Å²) in [6.07, 6.45) is 5.61. The summed E-state index contributed by atoms with van der Waals surface area (Å²) in [5, 5.41) is 3.37. The summed E-state index contributed by atoms with van der Waals surface area (Å²) >= 11 is 6.27. The number of hydrogen-bond donors (Lipinski definition) is 3. The van der Waals surface area contributed by atoms with Gasteiger partial charge in [-0.3, -0.25) is 4.52 Å². The van der Waals surface area contributed by atoms with Crippen molar-refractivity contribution in [1.82, 2.24) is 9.88 Å². The van der Waals surface area contributed by atoms with Gasteiger partial charge < -0.3 is 19.8 Å². The normalized spacial score (nSPS) is 20.5. The zero-order chi connectivity index (χ0) is 30.3. The Morgan fingerprint density at radius 2 is 1.98 bits per heavy atom. The van der Waals surface area contributed by atoms with Crippen molar-refractivity contribution in [3.8, 4) is 0 Å². The molecule has 2 aliphatic carbocycles. The number of likely N-dealkylation sites (N-methyl/N-ethyl adjacent to an activating group) is 1. The van der Waals surface area contributed by atoms with E-state index in [1.165, 1.54) is 13.1 Å². The van der Waals surface area contributed by atoms with Crippen LogP contribution in [0.1, 0.15) is 43.2 Å². The molecule has 10 nitrogen and oxygen atoms in total. The van der Waals surface area contributed by atoms with Crippen molar-refractivity contribution in [3.05, 3.63) is 70.6 Å². The molecular weight excluding hydrogens is 615 g/mol. The highest BCUT2D eigenvalue weighted by molar-refractivity contribution is 7.92. The number of nitrogens with one attached hydrogen (secondary N) is 1. The number of sulfone groups is 1. The Hall–Kier alpha value is -2.38. The second-order valence-corrected chi connectivity index (χ2v) is 14.2. The maximum absolute atomic E-state index is 14.9. The van der Waals surface area contributed by atoms with E-state index >= 15 is 0 Å². The number of fused-ring (bicyclic) bond motifs is 3. The summed E-state index contributed by atoms with van der Waals surface area (Å²) in [4.78, 5) is 23.1. The Morgan fingerprint density at radius 3 is 2.67 bits per heavy atom. The predicted molar refractivity (Wildman–Crippen MR) is 153 cm³/mol. The number of phosphoric ester groups is 1. The predicted octanol–water partition coefficient (Wildman–Crippen LogP) is 4.96. The standard InChI is InChI=1S/C27H31ClF2N3O7PS/c1-2-33(11-13-40-41(34,35)36)27(29,30)10-12-39-23-9-8-21(24-22-15-18(28)16-31-26(22)32-25(23)24)17-4-3-5-20(14-17)42(37,38)19-6-7-19/h3-5,8-9,14-16,19,24-25H,2,6-7,10-13H2,1H3,(H,31,32)(H2,34,35,36). The topological polar surface area (TPSA) is 138 Å². The largest absolute Gasteiger partial charge is 0.495 e. The van der Waals surface area contributed by atoms with Crippen molar-refractivity contribution < 1.29 is 40.8 Å². The van der Waals surface area contributed by atoms with E-state index in [2.05, 4.69) is 14.8 Å². The van der Waals surface area contributed by atoms with Crippen LogP contribution in [0.4, 0.5) is 14.6 Å². The number of aromatic nitrogens is 1. The van der Waals surface area contributed by atoms with Gasteiger partial charge in [-0.1, -0.05) is 36.7 Å². The van der Waals surface area contributed by atoms with E-state index in [1.807, 2.05) is 6.07 Å². The van der Waals surface area contributed by atoms with E-state index in [1.54, 1.807) is 36.4 Å². The minimum atomic E-state index is -4.76. The summed E-state index contributed by atoms with van der Waals surface area (Å²) in [6.45, 7) is 0.151. The molecule has 0 amide bonds. The van der Waals surface area contributed by atoms with Gasteiger partial charge in [0.2, 0.25) is 0 Å². The molecule has 0 saturated heterocycles. The first kappa shape index (κ1) is 31.1. The molecule has 0 bridgehead atoms. The highest BCUT2D eigenvalue weighted by Crippen LogP contribution is 2.49. The smallest absolute Gasteiger partial charge is 0.469 e. The van der Waals surface area contributed by atoms with E-state index in [-0.39, 0.29) is 35.8 Å². The number of ether oxygens (including phenoxy) is 1.